The number of methoxy groups -OCH3 is 1. The van der Waals surface area contributed by atoms with E-state index in [1.807, 2.05) is 24.3 Å². The molecule has 0 fully saturated rings. The Bertz CT molecular complexity index is 583. The van der Waals surface area contributed by atoms with Crippen molar-refractivity contribution in [3.8, 4) is 5.75 Å². The molecule has 106 valence electrons. The molecule has 2 aromatic rings. The highest BCUT2D eigenvalue weighted by Crippen LogP contribution is 2.20. The van der Waals surface area contributed by atoms with E-state index in [9.17, 15) is 0 Å². The number of nitrogens with one attached hydrogen (secondary N) is 1. The molecule has 0 heterocycles. The quantitative estimate of drug-likeness (QED) is 0.874. The smallest absolute Gasteiger partial charge is 0.119 e. The van der Waals surface area contributed by atoms with Crippen LogP contribution in [0.15, 0.2) is 42.5 Å². The molecule has 1 N–H and O–H groups in total. The summed E-state index contributed by atoms with van der Waals surface area (Å²) < 4.78 is 5.26. The molecule has 0 bridgehead atoms. The summed E-state index contributed by atoms with van der Waals surface area (Å²) in [5, 5.41) is 4.31. The predicted molar refractivity (Wildman–Crippen MR) is 84.4 cm³/mol. The van der Waals surface area contributed by atoms with Gasteiger partial charge < -0.3 is 10.1 Å². The van der Waals surface area contributed by atoms with Crippen LogP contribution in [-0.4, -0.2) is 7.11 Å². The van der Waals surface area contributed by atoms with Crippen LogP contribution in [0, 0.1) is 6.92 Å². The molecule has 0 saturated carbocycles. The van der Waals surface area contributed by atoms with Gasteiger partial charge in [-0.25, -0.2) is 0 Å². The summed E-state index contributed by atoms with van der Waals surface area (Å²) in [6.07, 6.45) is 0. The van der Waals surface area contributed by atoms with E-state index in [1.165, 1.54) is 16.7 Å². The zero-order valence-electron chi connectivity index (χ0n) is 12.1. The van der Waals surface area contributed by atoms with Crippen molar-refractivity contribution in [1.82, 2.24) is 5.32 Å². The van der Waals surface area contributed by atoms with Gasteiger partial charge in [0.2, 0.25) is 0 Å². The monoisotopic (exact) mass is 289 g/mol. The minimum absolute atomic E-state index is 0.264. The van der Waals surface area contributed by atoms with Gasteiger partial charge in [0.15, 0.2) is 0 Å². The number of ether oxygens (including phenoxy) is 1. The van der Waals surface area contributed by atoms with E-state index >= 15 is 0 Å². The van der Waals surface area contributed by atoms with E-state index in [-0.39, 0.29) is 6.04 Å². The van der Waals surface area contributed by atoms with Crippen LogP contribution in [0.2, 0.25) is 5.02 Å². The maximum absolute atomic E-state index is 5.97. The summed E-state index contributed by atoms with van der Waals surface area (Å²) in [5.74, 6) is 0.888. The van der Waals surface area contributed by atoms with Gasteiger partial charge in [0.05, 0.1) is 7.11 Å². The normalized spacial score (nSPS) is 12.2. The first-order valence-electron chi connectivity index (χ1n) is 6.72. The lowest BCUT2D eigenvalue weighted by Crippen LogP contribution is -2.18. The second kappa shape index (κ2) is 6.78. The third-order valence-corrected chi connectivity index (χ3v) is 3.73. The highest BCUT2D eigenvalue weighted by atomic mass is 35.5. The van der Waals surface area contributed by atoms with Crippen molar-refractivity contribution in [3.05, 3.63) is 64.2 Å². The highest BCUT2D eigenvalue weighted by molar-refractivity contribution is 6.30. The fourth-order valence-corrected chi connectivity index (χ4v) is 2.38. The maximum atomic E-state index is 5.97. The Hall–Kier alpha value is -1.51. The lowest BCUT2D eigenvalue weighted by atomic mass is 10.1. The first-order chi connectivity index (χ1) is 9.60. The highest BCUT2D eigenvalue weighted by Gasteiger charge is 2.07. The predicted octanol–water partition coefficient (Wildman–Crippen LogP) is 4.51. The third kappa shape index (κ3) is 3.75. The Morgan fingerprint density at radius 1 is 1.20 bits per heavy atom. The lowest BCUT2D eigenvalue weighted by Gasteiger charge is -2.16. The molecule has 0 aliphatic carbocycles. The molecule has 0 saturated heterocycles. The summed E-state index contributed by atoms with van der Waals surface area (Å²) in [4.78, 5) is 0. The fourth-order valence-electron chi connectivity index (χ4n) is 2.15. The van der Waals surface area contributed by atoms with E-state index in [0.29, 0.717) is 0 Å². The average molecular weight is 290 g/mol. The zero-order valence-corrected chi connectivity index (χ0v) is 12.9. The number of benzene rings is 2. The van der Waals surface area contributed by atoms with Crippen LogP contribution in [0.5, 0.6) is 5.75 Å². The lowest BCUT2D eigenvalue weighted by molar-refractivity contribution is 0.413. The van der Waals surface area contributed by atoms with Crippen molar-refractivity contribution in [2.75, 3.05) is 7.11 Å². The van der Waals surface area contributed by atoms with E-state index < -0.39 is 0 Å². The van der Waals surface area contributed by atoms with Gasteiger partial charge in [-0.3, -0.25) is 0 Å². The van der Waals surface area contributed by atoms with Gasteiger partial charge in [-0.05, 0) is 54.8 Å². The molecular formula is C17H20ClNO. The molecule has 1 atom stereocenters. The Balaban J connectivity index is 2.02. The molecular weight excluding hydrogens is 270 g/mol. The molecule has 2 aromatic carbocycles. The first kappa shape index (κ1) is 14.9. The van der Waals surface area contributed by atoms with Crippen LogP contribution in [0.25, 0.3) is 0 Å². The van der Waals surface area contributed by atoms with Gasteiger partial charge in [-0.1, -0.05) is 29.8 Å². The van der Waals surface area contributed by atoms with Crippen molar-refractivity contribution in [3.63, 3.8) is 0 Å². The van der Waals surface area contributed by atoms with Crippen molar-refractivity contribution in [1.29, 1.82) is 0 Å². The Labute approximate surface area is 125 Å². The molecule has 0 aliphatic rings. The summed E-state index contributed by atoms with van der Waals surface area (Å²) in [6, 6.07) is 14.4. The molecule has 20 heavy (non-hydrogen) atoms. The van der Waals surface area contributed by atoms with E-state index in [2.05, 4.69) is 37.4 Å². The standard InChI is InChI=1S/C17H20ClNO/c1-12-9-16(18)8-7-15(12)11-19-13(2)14-5-4-6-17(10-14)20-3/h4-10,13,19H,11H2,1-3H3/t13-/m0/s1. The average Bonchev–Trinajstić information content (AvgIpc) is 2.46. The summed E-state index contributed by atoms with van der Waals surface area (Å²) >= 11 is 5.97. The molecule has 0 spiro atoms. The van der Waals surface area contributed by atoms with Crippen LogP contribution < -0.4 is 10.1 Å². The number of rotatable bonds is 5. The molecule has 0 amide bonds. The first-order valence-corrected chi connectivity index (χ1v) is 7.10. The minimum atomic E-state index is 0.264. The largest absolute Gasteiger partial charge is 0.497 e. The van der Waals surface area contributed by atoms with Crippen molar-refractivity contribution in [2.45, 2.75) is 26.4 Å². The molecule has 0 radical (unpaired) electrons. The van der Waals surface area contributed by atoms with E-state index in [1.54, 1.807) is 7.11 Å². The SMILES string of the molecule is COc1cccc([C@H](C)NCc2ccc(Cl)cc2C)c1. The number of hydrogen-bond donors (Lipinski definition) is 1. The fraction of sp³-hybridized carbons (Fsp3) is 0.294. The number of halogens is 1. The van der Waals surface area contributed by atoms with E-state index in [4.69, 9.17) is 16.3 Å². The topological polar surface area (TPSA) is 21.3 Å². The summed E-state index contributed by atoms with van der Waals surface area (Å²) in [5.41, 5.74) is 3.70. The van der Waals surface area contributed by atoms with Gasteiger partial charge in [0, 0.05) is 17.6 Å². The zero-order chi connectivity index (χ0) is 14.5. The van der Waals surface area contributed by atoms with Gasteiger partial charge in [-0.2, -0.15) is 0 Å². The van der Waals surface area contributed by atoms with Crippen LogP contribution in [0.4, 0.5) is 0 Å². The van der Waals surface area contributed by atoms with Crippen LogP contribution in [0.3, 0.4) is 0 Å². The summed E-state index contributed by atoms with van der Waals surface area (Å²) in [6.45, 7) is 5.06. The minimum Gasteiger partial charge on any atom is -0.497 e. The van der Waals surface area contributed by atoms with Crippen LogP contribution >= 0.6 is 11.6 Å². The second-order valence-corrected chi connectivity index (χ2v) is 5.39. The van der Waals surface area contributed by atoms with Crippen LogP contribution in [-0.2, 0) is 6.54 Å². The Morgan fingerprint density at radius 2 is 2.00 bits per heavy atom. The molecule has 0 aromatic heterocycles. The molecule has 0 aliphatic heterocycles. The van der Waals surface area contributed by atoms with Gasteiger partial charge >= 0.3 is 0 Å². The molecule has 0 unspecified atom stereocenters. The maximum Gasteiger partial charge on any atom is 0.119 e. The molecule has 2 rings (SSSR count). The van der Waals surface area contributed by atoms with Gasteiger partial charge in [0.25, 0.3) is 0 Å². The van der Waals surface area contributed by atoms with Crippen molar-refractivity contribution < 1.29 is 4.74 Å². The second-order valence-electron chi connectivity index (χ2n) is 4.95. The molecule has 3 heteroatoms. The Morgan fingerprint density at radius 3 is 2.70 bits per heavy atom. The number of aryl methyl sites for hydroxylation is 1. The molecule has 2 nitrogen and oxygen atoms in total. The Kier molecular flexibility index (Phi) is 5.05. The summed E-state index contributed by atoms with van der Waals surface area (Å²) in [7, 11) is 1.69. The van der Waals surface area contributed by atoms with Gasteiger partial charge in [0.1, 0.15) is 5.75 Å². The van der Waals surface area contributed by atoms with Crippen molar-refractivity contribution >= 4 is 11.6 Å². The number of hydrogen-bond acceptors (Lipinski definition) is 2. The van der Waals surface area contributed by atoms with E-state index in [0.717, 1.165) is 17.3 Å². The van der Waals surface area contributed by atoms with Crippen molar-refractivity contribution in [2.24, 2.45) is 0 Å². The van der Waals surface area contributed by atoms with Gasteiger partial charge in [-0.15, -0.1) is 0 Å². The van der Waals surface area contributed by atoms with Crippen LogP contribution in [0.1, 0.15) is 29.7 Å². The third-order valence-electron chi connectivity index (χ3n) is 3.50.